The van der Waals surface area contributed by atoms with Crippen molar-refractivity contribution < 1.29 is 5.11 Å². The van der Waals surface area contributed by atoms with Gasteiger partial charge in [0.25, 0.3) is 0 Å². The average molecular weight is 354 g/mol. The number of piperidine rings is 1. The highest BCUT2D eigenvalue weighted by atomic mass is 16.3. The first-order valence-electron chi connectivity index (χ1n) is 9.83. The molecule has 2 aliphatic heterocycles. The number of hydrogen-bond acceptors (Lipinski definition) is 4. The standard InChI is InChI=1S/C21H30N4O/c1-15-5-3-4-6-20(15)24-9-7-19(8-10-24)25-13-17(21(26)14-25)12-18-11-16(2)22-23-18/h3-6,11,17,19,21,26H,7-10,12-14H2,1-2H3,(H,22,23). The zero-order chi connectivity index (χ0) is 18.1. The van der Waals surface area contributed by atoms with Crippen LogP contribution < -0.4 is 4.90 Å². The first-order chi connectivity index (χ1) is 12.6. The van der Waals surface area contributed by atoms with Crippen LogP contribution in [0, 0.1) is 19.8 Å². The summed E-state index contributed by atoms with van der Waals surface area (Å²) >= 11 is 0. The molecule has 1 aromatic carbocycles. The molecule has 2 aliphatic rings. The Morgan fingerprint density at radius 1 is 1.15 bits per heavy atom. The van der Waals surface area contributed by atoms with Crippen LogP contribution in [0.2, 0.25) is 0 Å². The first kappa shape index (κ1) is 17.6. The van der Waals surface area contributed by atoms with Crippen LogP contribution in [-0.2, 0) is 6.42 Å². The lowest BCUT2D eigenvalue weighted by molar-refractivity contribution is 0.131. The monoisotopic (exact) mass is 354 g/mol. The third-order valence-corrected chi connectivity index (χ3v) is 6.10. The smallest absolute Gasteiger partial charge is 0.0711 e. The van der Waals surface area contributed by atoms with Crippen molar-refractivity contribution in [2.24, 2.45) is 5.92 Å². The van der Waals surface area contributed by atoms with Crippen molar-refractivity contribution in [2.45, 2.75) is 45.3 Å². The molecule has 0 spiro atoms. The Bertz CT molecular complexity index is 735. The number of benzene rings is 1. The Morgan fingerprint density at radius 3 is 2.62 bits per heavy atom. The molecule has 4 rings (SSSR count). The topological polar surface area (TPSA) is 55.4 Å². The maximum absolute atomic E-state index is 10.5. The van der Waals surface area contributed by atoms with Crippen molar-refractivity contribution in [2.75, 3.05) is 31.1 Å². The lowest BCUT2D eigenvalue weighted by Crippen LogP contribution is -2.44. The van der Waals surface area contributed by atoms with Crippen molar-refractivity contribution in [3.63, 3.8) is 0 Å². The molecule has 2 unspecified atom stereocenters. The van der Waals surface area contributed by atoms with Crippen molar-refractivity contribution >= 4 is 5.69 Å². The molecule has 26 heavy (non-hydrogen) atoms. The molecular formula is C21H30N4O. The zero-order valence-electron chi connectivity index (χ0n) is 15.9. The number of nitrogens with zero attached hydrogens (tertiary/aromatic N) is 3. The van der Waals surface area contributed by atoms with Crippen LogP contribution in [-0.4, -0.2) is 58.5 Å². The zero-order valence-corrected chi connectivity index (χ0v) is 15.9. The minimum Gasteiger partial charge on any atom is -0.391 e. The second-order valence-corrected chi connectivity index (χ2v) is 8.03. The fraction of sp³-hybridized carbons (Fsp3) is 0.571. The Kier molecular flexibility index (Phi) is 5.00. The first-order valence-corrected chi connectivity index (χ1v) is 9.83. The third kappa shape index (κ3) is 3.64. The fourth-order valence-corrected chi connectivity index (χ4v) is 4.62. The van der Waals surface area contributed by atoms with E-state index in [1.165, 1.54) is 24.1 Å². The van der Waals surface area contributed by atoms with Gasteiger partial charge in [-0.3, -0.25) is 10.00 Å². The number of aryl methyl sites for hydroxylation is 2. The van der Waals surface area contributed by atoms with E-state index < -0.39 is 0 Å². The van der Waals surface area contributed by atoms with E-state index in [0.717, 1.165) is 44.0 Å². The fourth-order valence-electron chi connectivity index (χ4n) is 4.62. The van der Waals surface area contributed by atoms with Crippen molar-refractivity contribution in [1.82, 2.24) is 15.1 Å². The van der Waals surface area contributed by atoms with Crippen LogP contribution >= 0.6 is 0 Å². The number of aliphatic hydroxyl groups is 1. The Morgan fingerprint density at radius 2 is 1.92 bits per heavy atom. The summed E-state index contributed by atoms with van der Waals surface area (Å²) in [4.78, 5) is 5.03. The number of para-hydroxylation sites is 1. The van der Waals surface area contributed by atoms with Gasteiger partial charge in [0.1, 0.15) is 0 Å². The second-order valence-electron chi connectivity index (χ2n) is 8.03. The van der Waals surface area contributed by atoms with Crippen LogP contribution in [0.15, 0.2) is 30.3 Å². The number of likely N-dealkylation sites (tertiary alicyclic amines) is 1. The van der Waals surface area contributed by atoms with Gasteiger partial charge in [-0.25, -0.2) is 0 Å². The van der Waals surface area contributed by atoms with E-state index in [0.29, 0.717) is 12.0 Å². The minimum atomic E-state index is -0.235. The van der Waals surface area contributed by atoms with Gasteiger partial charge < -0.3 is 10.0 Å². The SMILES string of the molecule is Cc1cc(CC2CN(C3CCN(c4ccccc4C)CC3)CC2O)n[nH]1. The average Bonchev–Trinajstić information content (AvgIpc) is 3.22. The lowest BCUT2D eigenvalue weighted by atomic mass is 9.99. The van der Waals surface area contributed by atoms with Gasteiger partial charge >= 0.3 is 0 Å². The van der Waals surface area contributed by atoms with Gasteiger partial charge in [-0.1, -0.05) is 18.2 Å². The van der Waals surface area contributed by atoms with E-state index in [1.54, 1.807) is 0 Å². The second kappa shape index (κ2) is 7.41. The summed E-state index contributed by atoms with van der Waals surface area (Å²) in [6.07, 6.45) is 2.98. The number of hydrogen-bond donors (Lipinski definition) is 2. The van der Waals surface area contributed by atoms with Crippen LogP contribution in [0.1, 0.15) is 29.8 Å². The van der Waals surface area contributed by atoms with Crippen molar-refractivity contribution in [3.8, 4) is 0 Å². The van der Waals surface area contributed by atoms with Crippen LogP contribution in [0.3, 0.4) is 0 Å². The Balaban J connectivity index is 1.33. The molecule has 2 N–H and O–H groups in total. The molecular weight excluding hydrogens is 324 g/mol. The molecule has 2 saturated heterocycles. The highest BCUT2D eigenvalue weighted by molar-refractivity contribution is 5.53. The molecule has 1 aromatic heterocycles. The van der Waals surface area contributed by atoms with E-state index in [9.17, 15) is 5.11 Å². The Labute approximate surface area is 156 Å². The summed E-state index contributed by atoms with van der Waals surface area (Å²) < 4.78 is 0. The molecule has 0 aliphatic carbocycles. The van der Waals surface area contributed by atoms with E-state index in [4.69, 9.17) is 0 Å². The maximum Gasteiger partial charge on any atom is 0.0711 e. The van der Waals surface area contributed by atoms with Gasteiger partial charge in [0, 0.05) is 49.5 Å². The summed E-state index contributed by atoms with van der Waals surface area (Å²) in [6, 6.07) is 11.4. The number of anilines is 1. The molecule has 0 radical (unpaired) electrons. The number of aromatic nitrogens is 2. The normalized spacial score (nSPS) is 25.1. The molecule has 3 heterocycles. The Hall–Kier alpha value is -1.85. The third-order valence-electron chi connectivity index (χ3n) is 6.10. The van der Waals surface area contributed by atoms with E-state index in [1.807, 2.05) is 6.92 Å². The summed E-state index contributed by atoms with van der Waals surface area (Å²) in [5, 5.41) is 17.9. The summed E-state index contributed by atoms with van der Waals surface area (Å²) in [5.41, 5.74) is 4.90. The number of H-pyrrole nitrogens is 1. The van der Waals surface area contributed by atoms with Gasteiger partial charge in [-0.15, -0.1) is 0 Å². The van der Waals surface area contributed by atoms with E-state index in [-0.39, 0.29) is 6.10 Å². The molecule has 5 heteroatoms. The highest BCUT2D eigenvalue weighted by Crippen LogP contribution is 2.29. The van der Waals surface area contributed by atoms with Gasteiger partial charge in [0.2, 0.25) is 0 Å². The van der Waals surface area contributed by atoms with Crippen LogP contribution in [0.4, 0.5) is 5.69 Å². The lowest BCUT2D eigenvalue weighted by Gasteiger charge is -2.38. The summed E-state index contributed by atoms with van der Waals surface area (Å²) in [7, 11) is 0. The number of aromatic amines is 1. The number of rotatable bonds is 4. The van der Waals surface area contributed by atoms with Crippen molar-refractivity contribution in [1.29, 1.82) is 0 Å². The molecule has 0 bridgehead atoms. The summed E-state index contributed by atoms with van der Waals surface area (Å²) in [5.74, 6) is 0.298. The highest BCUT2D eigenvalue weighted by Gasteiger charge is 2.36. The summed E-state index contributed by atoms with van der Waals surface area (Å²) in [6.45, 7) is 8.22. The van der Waals surface area contributed by atoms with Gasteiger partial charge in [-0.05, 0) is 50.8 Å². The quantitative estimate of drug-likeness (QED) is 0.886. The molecule has 2 atom stereocenters. The van der Waals surface area contributed by atoms with Crippen LogP contribution in [0.5, 0.6) is 0 Å². The van der Waals surface area contributed by atoms with Gasteiger partial charge in [-0.2, -0.15) is 5.10 Å². The molecule has 140 valence electrons. The molecule has 2 fully saturated rings. The molecule has 0 amide bonds. The van der Waals surface area contributed by atoms with E-state index in [2.05, 4.69) is 57.3 Å². The van der Waals surface area contributed by atoms with Crippen LogP contribution in [0.25, 0.3) is 0 Å². The predicted octanol–water partition coefficient (Wildman–Crippen LogP) is 2.53. The molecule has 0 saturated carbocycles. The number of nitrogens with one attached hydrogen (secondary N) is 1. The number of aliphatic hydroxyl groups excluding tert-OH is 1. The maximum atomic E-state index is 10.5. The number of β-amino-alcohol motifs (C(OH)–C–C–N with tert-alkyl or cyclic N) is 1. The van der Waals surface area contributed by atoms with E-state index >= 15 is 0 Å². The van der Waals surface area contributed by atoms with Gasteiger partial charge in [0.05, 0.1) is 11.8 Å². The van der Waals surface area contributed by atoms with Crippen molar-refractivity contribution in [3.05, 3.63) is 47.3 Å². The predicted molar refractivity (Wildman–Crippen MR) is 105 cm³/mol. The minimum absolute atomic E-state index is 0.235. The largest absolute Gasteiger partial charge is 0.391 e. The molecule has 2 aromatic rings. The molecule has 5 nitrogen and oxygen atoms in total. The van der Waals surface area contributed by atoms with Gasteiger partial charge in [0.15, 0.2) is 0 Å².